The van der Waals surface area contributed by atoms with Gasteiger partial charge >= 0.3 is 0 Å². The number of para-hydroxylation sites is 2. The van der Waals surface area contributed by atoms with Gasteiger partial charge in [-0.15, -0.1) is 0 Å². The van der Waals surface area contributed by atoms with Crippen molar-refractivity contribution in [2.24, 2.45) is 0 Å². The molecule has 0 aliphatic carbocycles. The van der Waals surface area contributed by atoms with Gasteiger partial charge in [0, 0.05) is 23.9 Å². The minimum absolute atomic E-state index is 0.0172. The van der Waals surface area contributed by atoms with Crippen molar-refractivity contribution in [2.45, 2.75) is 19.8 Å². The third kappa shape index (κ3) is 3.45. The molecule has 0 saturated heterocycles. The van der Waals surface area contributed by atoms with Crippen molar-refractivity contribution in [1.82, 2.24) is 0 Å². The quantitative estimate of drug-likeness (QED) is 0.682. The average molecular weight is 343 g/mol. The fourth-order valence-electron chi connectivity index (χ4n) is 3.23. The standard InChI is InChI=1S/C18H18FN3O3/c1-12-8-9-14(19)13-5-4-10-21(18(12)13)11-17(23)20-15-6-2-3-7-16(15)22(24)25/h2-3,6-9H,4-5,10-11H2,1H3,(H,20,23). The maximum absolute atomic E-state index is 14.0. The summed E-state index contributed by atoms with van der Waals surface area (Å²) in [4.78, 5) is 24.7. The smallest absolute Gasteiger partial charge is 0.292 e. The van der Waals surface area contributed by atoms with Gasteiger partial charge in [0.1, 0.15) is 11.5 Å². The SMILES string of the molecule is Cc1ccc(F)c2c1N(CC(=O)Nc1ccccc1[N+](=O)[O-])CCC2. The lowest BCUT2D eigenvalue weighted by molar-refractivity contribution is -0.383. The molecule has 1 N–H and O–H groups in total. The zero-order valence-corrected chi connectivity index (χ0v) is 13.8. The number of nitrogens with zero attached hydrogens (tertiary/aromatic N) is 2. The summed E-state index contributed by atoms with van der Waals surface area (Å²) < 4.78 is 14.0. The summed E-state index contributed by atoms with van der Waals surface area (Å²) in [6, 6.07) is 9.15. The van der Waals surface area contributed by atoms with Crippen molar-refractivity contribution in [1.29, 1.82) is 0 Å². The third-order valence-corrected chi connectivity index (χ3v) is 4.31. The van der Waals surface area contributed by atoms with Crippen LogP contribution in [0.1, 0.15) is 17.5 Å². The number of hydrogen-bond acceptors (Lipinski definition) is 4. The topological polar surface area (TPSA) is 75.5 Å². The van der Waals surface area contributed by atoms with Gasteiger partial charge in [-0.25, -0.2) is 4.39 Å². The molecular weight excluding hydrogens is 325 g/mol. The lowest BCUT2D eigenvalue weighted by Crippen LogP contribution is -2.37. The van der Waals surface area contributed by atoms with Crippen LogP contribution in [0.5, 0.6) is 0 Å². The lowest BCUT2D eigenvalue weighted by Gasteiger charge is -2.32. The monoisotopic (exact) mass is 343 g/mol. The van der Waals surface area contributed by atoms with Crippen LogP contribution in [0.2, 0.25) is 0 Å². The van der Waals surface area contributed by atoms with Crippen LogP contribution in [-0.4, -0.2) is 23.9 Å². The van der Waals surface area contributed by atoms with Gasteiger partial charge in [0.15, 0.2) is 0 Å². The van der Waals surface area contributed by atoms with Crippen LogP contribution in [0.4, 0.5) is 21.5 Å². The van der Waals surface area contributed by atoms with Crippen LogP contribution in [0.15, 0.2) is 36.4 Å². The Morgan fingerprint density at radius 3 is 2.84 bits per heavy atom. The van der Waals surface area contributed by atoms with Gasteiger partial charge in [0.2, 0.25) is 5.91 Å². The number of rotatable bonds is 4. The number of hydrogen-bond donors (Lipinski definition) is 1. The second-order valence-electron chi connectivity index (χ2n) is 6.04. The van der Waals surface area contributed by atoms with Crippen LogP contribution >= 0.6 is 0 Å². The number of aryl methyl sites for hydroxylation is 1. The summed E-state index contributed by atoms with van der Waals surface area (Å²) in [5, 5.41) is 13.6. The Bertz CT molecular complexity index is 838. The molecule has 0 unspecified atom stereocenters. The van der Waals surface area contributed by atoms with E-state index in [1.54, 1.807) is 18.2 Å². The summed E-state index contributed by atoms with van der Waals surface area (Å²) in [6.07, 6.45) is 1.40. The molecule has 2 aromatic carbocycles. The molecule has 1 aliphatic heterocycles. The molecule has 0 aromatic heterocycles. The number of carbonyl (C=O) groups excluding carboxylic acids is 1. The first-order valence-electron chi connectivity index (χ1n) is 8.03. The van der Waals surface area contributed by atoms with E-state index >= 15 is 0 Å². The molecule has 0 fully saturated rings. The molecule has 2 aromatic rings. The van der Waals surface area contributed by atoms with E-state index < -0.39 is 4.92 Å². The highest BCUT2D eigenvalue weighted by atomic mass is 19.1. The minimum Gasteiger partial charge on any atom is -0.362 e. The van der Waals surface area contributed by atoms with E-state index in [0.717, 1.165) is 17.7 Å². The first-order valence-corrected chi connectivity index (χ1v) is 8.03. The maximum Gasteiger partial charge on any atom is 0.292 e. The molecule has 130 valence electrons. The molecular formula is C18H18FN3O3. The summed E-state index contributed by atoms with van der Waals surface area (Å²) >= 11 is 0. The number of nitrogens with one attached hydrogen (secondary N) is 1. The van der Waals surface area contributed by atoms with Crippen molar-refractivity contribution >= 4 is 23.0 Å². The van der Waals surface area contributed by atoms with Crippen LogP contribution < -0.4 is 10.2 Å². The first kappa shape index (κ1) is 16.9. The summed E-state index contributed by atoms with van der Waals surface area (Å²) in [5.41, 5.74) is 2.30. The molecule has 0 radical (unpaired) electrons. The van der Waals surface area contributed by atoms with Gasteiger partial charge in [-0.3, -0.25) is 14.9 Å². The number of benzene rings is 2. The molecule has 0 saturated carbocycles. The normalized spacial score (nSPS) is 13.3. The van der Waals surface area contributed by atoms with E-state index in [4.69, 9.17) is 0 Å². The fraction of sp³-hybridized carbons (Fsp3) is 0.278. The van der Waals surface area contributed by atoms with E-state index in [-0.39, 0.29) is 29.6 Å². The molecule has 7 heteroatoms. The van der Waals surface area contributed by atoms with Gasteiger partial charge in [0.25, 0.3) is 5.69 Å². The molecule has 25 heavy (non-hydrogen) atoms. The molecule has 0 bridgehead atoms. The number of anilines is 2. The molecule has 0 spiro atoms. The van der Waals surface area contributed by atoms with Gasteiger partial charge < -0.3 is 10.2 Å². The van der Waals surface area contributed by atoms with Crippen molar-refractivity contribution in [3.8, 4) is 0 Å². The Labute approximate surface area is 144 Å². The third-order valence-electron chi connectivity index (χ3n) is 4.31. The number of amides is 1. The second kappa shape index (κ2) is 6.88. The van der Waals surface area contributed by atoms with Gasteiger partial charge in [0.05, 0.1) is 11.5 Å². The summed E-state index contributed by atoms with van der Waals surface area (Å²) in [5.74, 6) is -0.629. The highest BCUT2D eigenvalue weighted by Gasteiger charge is 2.24. The summed E-state index contributed by atoms with van der Waals surface area (Å²) in [6.45, 7) is 2.54. The predicted octanol–water partition coefficient (Wildman–Crippen LogP) is 3.43. The molecule has 0 atom stereocenters. The minimum atomic E-state index is -0.536. The second-order valence-corrected chi connectivity index (χ2v) is 6.04. The molecule has 1 aliphatic rings. The number of nitro benzene ring substituents is 1. The van der Waals surface area contributed by atoms with E-state index in [2.05, 4.69) is 5.32 Å². The Morgan fingerprint density at radius 1 is 1.32 bits per heavy atom. The molecule has 6 nitrogen and oxygen atoms in total. The van der Waals surface area contributed by atoms with Crippen LogP contribution in [0.3, 0.4) is 0 Å². The van der Waals surface area contributed by atoms with Gasteiger partial charge in [-0.1, -0.05) is 18.2 Å². The Balaban J connectivity index is 1.80. The van der Waals surface area contributed by atoms with Crippen molar-refractivity contribution < 1.29 is 14.1 Å². The van der Waals surface area contributed by atoms with Crippen LogP contribution in [0, 0.1) is 22.9 Å². The Kier molecular flexibility index (Phi) is 4.65. The van der Waals surface area contributed by atoms with E-state index in [1.165, 1.54) is 18.2 Å². The average Bonchev–Trinajstić information content (AvgIpc) is 2.58. The summed E-state index contributed by atoms with van der Waals surface area (Å²) in [7, 11) is 0. The highest BCUT2D eigenvalue weighted by molar-refractivity contribution is 5.96. The number of carbonyl (C=O) groups is 1. The van der Waals surface area contributed by atoms with Crippen molar-refractivity contribution in [3.63, 3.8) is 0 Å². The van der Waals surface area contributed by atoms with E-state index in [0.29, 0.717) is 18.5 Å². The largest absolute Gasteiger partial charge is 0.362 e. The molecule has 1 heterocycles. The van der Waals surface area contributed by atoms with E-state index in [9.17, 15) is 19.3 Å². The van der Waals surface area contributed by atoms with Crippen LogP contribution in [-0.2, 0) is 11.2 Å². The van der Waals surface area contributed by atoms with Crippen LogP contribution in [0.25, 0.3) is 0 Å². The van der Waals surface area contributed by atoms with E-state index in [1.807, 2.05) is 11.8 Å². The van der Waals surface area contributed by atoms with Gasteiger partial charge in [-0.05, 0) is 37.5 Å². The first-order chi connectivity index (χ1) is 12.0. The lowest BCUT2D eigenvalue weighted by atomic mass is 9.97. The zero-order chi connectivity index (χ0) is 18.0. The maximum atomic E-state index is 14.0. The molecule has 1 amide bonds. The fourth-order valence-corrected chi connectivity index (χ4v) is 3.23. The van der Waals surface area contributed by atoms with Crippen molar-refractivity contribution in [3.05, 3.63) is 63.5 Å². The zero-order valence-electron chi connectivity index (χ0n) is 13.8. The number of nitro groups is 1. The Hall–Kier alpha value is -2.96. The Morgan fingerprint density at radius 2 is 2.08 bits per heavy atom. The van der Waals surface area contributed by atoms with Crippen molar-refractivity contribution in [2.75, 3.05) is 23.3 Å². The highest BCUT2D eigenvalue weighted by Crippen LogP contribution is 2.32. The number of fused-ring (bicyclic) bond motifs is 1. The molecule has 3 rings (SSSR count). The van der Waals surface area contributed by atoms with Gasteiger partial charge in [-0.2, -0.15) is 0 Å². The predicted molar refractivity (Wildman–Crippen MR) is 93.4 cm³/mol. The number of halogens is 1.